The molecule has 0 aromatic carbocycles. The minimum Gasteiger partial charge on any atom is -0.353 e. The average molecular weight is 397 g/mol. The highest BCUT2D eigenvalue weighted by Crippen LogP contribution is 2.39. The van der Waals surface area contributed by atoms with Crippen LogP contribution < -0.4 is 11.1 Å². The van der Waals surface area contributed by atoms with Gasteiger partial charge < -0.3 is 11.1 Å². The second-order valence-electron chi connectivity index (χ2n) is 9.00. The molecular formula is C21H37ClN4O. The number of rotatable bonds is 6. The zero-order chi connectivity index (χ0) is 18.8. The first-order valence-electron chi connectivity index (χ1n) is 10.4. The van der Waals surface area contributed by atoms with Gasteiger partial charge in [-0.15, -0.1) is 12.4 Å². The Morgan fingerprint density at radius 2 is 1.89 bits per heavy atom. The third kappa shape index (κ3) is 5.26. The van der Waals surface area contributed by atoms with Crippen molar-refractivity contribution >= 4 is 18.3 Å². The molecule has 2 aliphatic rings. The van der Waals surface area contributed by atoms with Gasteiger partial charge in [0, 0.05) is 30.7 Å². The molecule has 2 atom stereocenters. The van der Waals surface area contributed by atoms with Crippen molar-refractivity contribution in [1.29, 1.82) is 0 Å². The zero-order valence-electron chi connectivity index (χ0n) is 17.3. The van der Waals surface area contributed by atoms with E-state index in [4.69, 9.17) is 5.73 Å². The number of amides is 1. The Morgan fingerprint density at radius 3 is 2.48 bits per heavy atom. The molecular weight excluding hydrogens is 360 g/mol. The van der Waals surface area contributed by atoms with Crippen LogP contribution in [0, 0.1) is 31.6 Å². The van der Waals surface area contributed by atoms with Crippen LogP contribution in [0.5, 0.6) is 0 Å². The Kier molecular flexibility index (Phi) is 7.75. The molecule has 2 unspecified atom stereocenters. The third-order valence-corrected chi connectivity index (χ3v) is 6.38. The van der Waals surface area contributed by atoms with Gasteiger partial charge in [-0.3, -0.25) is 9.48 Å². The number of hydrogen-bond acceptors (Lipinski definition) is 3. The first-order valence-corrected chi connectivity index (χ1v) is 10.4. The van der Waals surface area contributed by atoms with Crippen molar-refractivity contribution in [2.75, 3.05) is 0 Å². The summed E-state index contributed by atoms with van der Waals surface area (Å²) in [5.74, 6) is 1.93. The second kappa shape index (κ2) is 9.42. The quantitative estimate of drug-likeness (QED) is 0.772. The normalized spacial score (nSPS) is 27.3. The largest absolute Gasteiger partial charge is 0.353 e. The summed E-state index contributed by atoms with van der Waals surface area (Å²) >= 11 is 0. The SMILES string of the molecule is Cc1nn(CC(C)C)c(C)c1CCC(=O)NC1C2CCCC1CC(N)C2.Cl. The van der Waals surface area contributed by atoms with E-state index in [1.807, 2.05) is 0 Å². The summed E-state index contributed by atoms with van der Waals surface area (Å²) in [6, 6.07) is 0.678. The summed E-state index contributed by atoms with van der Waals surface area (Å²) in [4.78, 5) is 12.6. The maximum absolute atomic E-state index is 12.6. The molecule has 5 nitrogen and oxygen atoms in total. The average Bonchev–Trinajstić information content (AvgIpc) is 2.79. The van der Waals surface area contributed by atoms with Crippen LogP contribution in [-0.2, 0) is 17.8 Å². The van der Waals surface area contributed by atoms with E-state index in [1.165, 1.54) is 30.5 Å². The smallest absolute Gasteiger partial charge is 0.220 e. The van der Waals surface area contributed by atoms with Gasteiger partial charge in [-0.1, -0.05) is 20.3 Å². The Hall–Kier alpha value is -1.07. The molecule has 1 heterocycles. The van der Waals surface area contributed by atoms with Gasteiger partial charge in [0.25, 0.3) is 0 Å². The van der Waals surface area contributed by atoms with E-state index in [0.717, 1.165) is 31.5 Å². The second-order valence-corrected chi connectivity index (χ2v) is 9.00. The first kappa shape index (κ1) is 22.2. The molecule has 3 rings (SSSR count). The van der Waals surface area contributed by atoms with Crippen LogP contribution in [0.15, 0.2) is 0 Å². The molecule has 3 N–H and O–H groups in total. The van der Waals surface area contributed by atoms with Crippen LogP contribution in [0.25, 0.3) is 0 Å². The number of hydrogen-bond donors (Lipinski definition) is 2. The van der Waals surface area contributed by atoms with E-state index in [1.54, 1.807) is 0 Å². The maximum atomic E-state index is 12.6. The fourth-order valence-corrected chi connectivity index (χ4v) is 5.14. The molecule has 0 radical (unpaired) electrons. The highest BCUT2D eigenvalue weighted by atomic mass is 35.5. The number of nitrogens with zero attached hydrogens (tertiary/aromatic N) is 2. The summed E-state index contributed by atoms with van der Waals surface area (Å²) in [7, 11) is 0. The molecule has 1 amide bonds. The van der Waals surface area contributed by atoms with Crippen LogP contribution in [0.1, 0.15) is 69.3 Å². The molecule has 0 saturated heterocycles. The molecule has 27 heavy (non-hydrogen) atoms. The number of halogens is 1. The van der Waals surface area contributed by atoms with Gasteiger partial charge in [0.05, 0.1) is 5.69 Å². The summed E-state index contributed by atoms with van der Waals surface area (Å²) in [5, 5.41) is 8.04. The number of nitrogens with two attached hydrogens (primary N) is 1. The van der Waals surface area contributed by atoms with E-state index in [-0.39, 0.29) is 18.3 Å². The lowest BCUT2D eigenvalue weighted by molar-refractivity contribution is -0.123. The molecule has 2 saturated carbocycles. The predicted octanol–water partition coefficient (Wildman–Crippen LogP) is 3.53. The Bertz CT molecular complexity index is 628. The summed E-state index contributed by atoms with van der Waals surface area (Å²) in [5.41, 5.74) is 9.72. The molecule has 2 aliphatic carbocycles. The first-order chi connectivity index (χ1) is 12.3. The number of carbonyl (C=O) groups excluding carboxylic acids is 1. The minimum absolute atomic E-state index is 0. The van der Waals surface area contributed by atoms with Crippen molar-refractivity contribution in [2.24, 2.45) is 23.5 Å². The molecule has 6 heteroatoms. The van der Waals surface area contributed by atoms with Gasteiger partial charge in [0.1, 0.15) is 0 Å². The van der Waals surface area contributed by atoms with Crippen molar-refractivity contribution < 1.29 is 4.79 Å². The summed E-state index contributed by atoms with van der Waals surface area (Å²) < 4.78 is 2.10. The lowest BCUT2D eigenvalue weighted by atomic mass is 9.67. The van der Waals surface area contributed by atoms with E-state index in [0.29, 0.717) is 36.3 Å². The summed E-state index contributed by atoms with van der Waals surface area (Å²) in [6.45, 7) is 9.53. The molecule has 2 bridgehead atoms. The van der Waals surface area contributed by atoms with Crippen molar-refractivity contribution in [1.82, 2.24) is 15.1 Å². The molecule has 0 spiro atoms. The van der Waals surface area contributed by atoms with E-state index in [2.05, 4.69) is 42.8 Å². The highest BCUT2D eigenvalue weighted by Gasteiger charge is 2.39. The number of nitrogens with one attached hydrogen (secondary N) is 1. The monoisotopic (exact) mass is 396 g/mol. The highest BCUT2D eigenvalue weighted by molar-refractivity contribution is 5.85. The van der Waals surface area contributed by atoms with Gasteiger partial charge in [-0.05, 0) is 69.3 Å². The minimum atomic E-state index is 0. The van der Waals surface area contributed by atoms with Gasteiger partial charge in [0.15, 0.2) is 0 Å². The fraction of sp³-hybridized carbons (Fsp3) is 0.810. The van der Waals surface area contributed by atoms with E-state index < -0.39 is 0 Å². The lowest BCUT2D eigenvalue weighted by Gasteiger charge is -2.45. The number of aromatic nitrogens is 2. The van der Waals surface area contributed by atoms with Crippen molar-refractivity contribution in [3.8, 4) is 0 Å². The van der Waals surface area contributed by atoms with Crippen LogP contribution >= 0.6 is 12.4 Å². The van der Waals surface area contributed by atoms with Gasteiger partial charge >= 0.3 is 0 Å². The van der Waals surface area contributed by atoms with Gasteiger partial charge in [-0.25, -0.2) is 0 Å². The number of aryl methyl sites for hydroxylation is 1. The predicted molar refractivity (Wildman–Crippen MR) is 112 cm³/mol. The van der Waals surface area contributed by atoms with Crippen molar-refractivity contribution in [2.45, 2.75) is 91.3 Å². The fourth-order valence-electron chi connectivity index (χ4n) is 5.14. The topological polar surface area (TPSA) is 72.9 Å². The molecule has 1 aromatic rings. The number of fused-ring (bicyclic) bond motifs is 2. The maximum Gasteiger partial charge on any atom is 0.220 e. The Labute approximate surface area is 170 Å². The lowest BCUT2D eigenvalue weighted by Crippen LogP contribution is -2.53. The zero-order valence-corrected chi connectivity index (χ0v) is 18.1. The summed E-state index contributed by atoms with van der Waals surface area (Å²) in [6.07, 6.45) is 7.20. The van der Waals surface area contributed by atoms with Crippen LogP contribution in [0.4, 0.5) is 0 Å². The van der Waals surface area contributed by atoms with Crippen LogP contribution in [0.2, 0.25) is 0 Å². The van der Waals surface area contributed by atoms with Crippen LogP contribution in [-0.4, -0.2) is 27.8 Å². The Balaban J connectivity index is 0.00000261. The number of carbonyl (C=O) groups is 1. The van der Waals surface area contributed by atoms with Crippen molar-refractivity contribution in [3.05, 3.63) is 17.0 Å². The van der Waals surface area contributed by atoms with Crippen molar-refractivity contribution in [3.63, 3.8) is 0 Å². The van der Waals surface area contributed by atoms with E-state index >= 15 is 0 Å². The van der Waals surface area contributed by atoms with Gasteiger partial charge in [-0.2, -0.15) is 5.10 Å². The molecule has 154 valence electrons. The third-order valence-electron chi connectivity index (χ3n) is 6.38. The molecule has 1 aromatic heterocycles. The standard InChI is InChI=1S/C21H36N4O.ClH/c1-13(2)12-25-15(4)19(14(3)24-25)8-9-20(26)23-21-16-6-5-7-17(21)11-18(22)10-16;/h13,16-18,21H,5-12,22H2,1-4H3,(H,23,26);1H. The van der Waals surface area contributed by atoms with Crippen LogP contribution in [0.3, 0.4) is 0 Å². The van der Waals surface area contributed by atoms with E-state index in [9.17, 15) is 4.79 Å². The van der Waals surface area contributed by atoms with Gasteiger partial charge in [0.2, 0.25) is 5.91 Å². The Morgan fingerprint density at radius 1 is 1.26 bits per heavy atom. The molecule has 0 aliphatic heterocycles. The molecule has 2 fully saturated rings.